The van der Waals surface area contributed by atoms with Crippen molar-refractivity contribution in [1.82, 2.24) is 4.90 Å². The Kier molecular flexibility index (Phi) is 9.57. The molecule has 1 atom stereocenters. The second-order valence-corrected chi connectivity index (χ2v) is 5.76. The van der Waals surface area contributed by atoms with Crippen LogP contribution in [0.25, 0.3) is 0 Å². The Morgan fingerprint density at radius 1 is 1.20 bits per heavy atom. The highest BCUT2D eigenvalue weighted by Crippen LogP contribution is 2.28. The minimum atomic E-state index is -1.82. The summed E-state index contributed by atoms with van der Waals surface area (Å²) in [5.41, 5.74) is 1.33. The average Bonchev–Trinajstić information content (AvgIpc) is 2.63. The lowest BCUT2D eigenvalue weighted by Crippen LogP contribution is -2.38. The molecule has 1 unspecified atom stereocenters. The number of carboxylic acids is 2. The van der Waals surface area contributed by atoms with Gasteiger partial charge in [-0.15, -0.1) is 0 Å². The largest absolute Gasteiger partial charge is 0.492 e. The topological polar surface area (TPSA) is 96.3 Å². The van der Waals surface area contributed by atoms with Crippen molar-refractivity contribution in [2.75, 3.05) is 39.5 Å². The number of hydrogen-bond donors (Lipinski definition) is 2. The number of carbonyl (C=O) groups is 2. The molecule has 2 rings (SSSR count). The van der Waals surface area contributed by atoms with Crippen LogP contribution in [0, 0.1) is 0 Å². The third-order valence-corrected chi connectivity index (χ3v) is 4.01. The van der Waals surface area contributed by atoms with E-state index in [4.69, 9.17) is 29.3 Å². The zero-order valence-corrected chi connectivity index (χ0v) is 14.8. The Morgan fingerprint density at radius 3 is 2.36 bits per heavy atom. The van der Waals surface area contributed by atoms with Gasteiger partial charge in [0.2, 0.25) is 0 Å². The first-order valence-electron chi connectivity index (χ1n) is 8.43. The fourth-order valence-corrected chi connectivity index (χ4v) is 2.35. The number of rotatable bonds is 6. The van der Waals surface area contributed by atoms with Gasteiger partial charge in [-0.1, -0.05) is 32.0 Å². The number of carboxylic acid groups (broad SMARTS) is 2. The van der Waals surface area contributed by atoms with Crippen LogP contribution >= 0.6 is 0 Å². The van der Waals surface area contributed by atoms with E-state index < -0.39 is 11.9 Å². The summed E-state index contributed by atoms with van der Waals surface area (Å²) in [6, 6.07) is 8.41. The Balaban J connectivity index is 0.000000450. The molecule has 0 amide bonds. The molecular weight excluding hydrogens is 326 g/mol. The van der Waals surface area contributed by atoms with E-state index in [9.17, 15) is 0 Å². The molecule has 2 N–H and O–H groups in total. The molecule has 7 heteroatoms. The number of morpholine rings is 1. The highest BCUT2D eigenvalue weighted by Gasteiger charge is 2.12. The average molecular weight is 353 g/mol. The Bertz CT molecular complexity index is 530. The second-order valence-electron chi connectivity index (χ2n) is 5.76. The lowest BCUT2D eigenvalue weighted by Gasteiger charge is -2.26. The molecule has 1 aliphatic rings. The van der Waals surface area contributed by atoms with Gasteiger partial charge in [-0.05, 0) is 24.0 Å². The Morgan fingerprint density at radius 2 is 1.80 bits per heavy atom. The molecular formula is C18H27NO6. The molecule has 1 aromatic carbocycles. The summed E-state index contributed by atoms with van der Waals surface area (Å²) in [4.78, 5) is 20.6. The molecule has 140 valence electrons. The van der Waals surface area contributed by atoms with Crippen molar-refractivity contribution in [3.63, 3.8) is 0 Å². The predicted molar refractivity (Wildman–Crippen MR) is 93.2 cm³/mol. The van der Waals surface area contributed by atoms with E-state index in [-0.39, 0.29) is 0 Å². The van der Waals surface area contributed by atoms with E-state index in [0.717, 1.165) is 51.6 Å². The first kappa shape index (κ1) is 20.9. The SMILES string of the molecule is CCC(C)c1ccccc1OCCN1CCOCC1.O=C(O)C(=O)O. The quantitative estimate of drug-likeness (QED) is 0.756. The van der Waals surface area contributed by atoms with Crippen LogP contribution in [-0.4, -0.2) is 66.5 Å². The van der Waals surface area contributed by atoms with Crippen molar-refractivity contribution in [2.45, 2.75) is 26.2 Å². The standard InChI is InChI=1S/C16H25NO2.C2H2O4/c1-3-14(2)15-6-4-5-7-16(15)19-13-10-17-8-11-18-12-9-17;3-1(4)2(5)6/h4-7,14H,3,8-13H2,1-2H3;(H,3,4)(H,5,6). The summed E-state index contributed by atoms with van der Waals surface area (Å²) >= 11 is 0. The number of hydrogen-bond acceptors (Lipinski definition) is 5. The van der Waals surface area contributed by atoms with Gasteiger partial charge in [-0.25, -0.2) is 9.59 Å². The van der Waals surface area contributed by atoms with E-state index in [2.05, 4.69) is 43.0 Å². The number of aliphatic carboxylic acids is 2. The van der Waals surface area contributed by atoms with Gasteiger partial charge in [0.15, 0.2) is 0 Å². The fraction of sp³-hybridized carbons (Fsp3) is 0.556. The number of ether oxygens (including phenoxy) is 2. The summed E-state index contributed by atoms with van der Waals surface area (Å²) < 4.78 is 11.3. The van der Waals surface area contributed by atoms with Crippen molar-refractivity contribution in [2.24, 2.45) is 0 Å². The Hall–Kier alpha value is -2.12. The zero-order valence-electron chi connectivity index (χ0n) is 14.8. The van der Waals surface area contributed by atoms with Crippen LogP contribution in [-0.2, 0) is 14.3 Å². The fourth-order valence-electron chi connectivity index (χ4n) is 2.35. The summed E-state index contributed by atoms with van der Waals surface area (Å²) in [6.07, 6.45) is 1.14. The van der Waals surface area contributed by atoms with Crippen LogP contribution in [0.1, 0.15) is 31.7 Å². The molecule has 1 aliphatic heterocycles. The van der Waals surface area contributed by atoms with Crippen LogP contribution in [0.2, 0.25) is 0 Å². The third-order valence-electron chi connectivity index (χ3n) is 4.01. The molecule has 0 saturated carbocycles. The van der Waals surface area contributed by atoms with Gasteiger partial charge in [0, 0.05) is 19.6 Å². The van der Waals surface area contributed by atoms with E-state index in [0.29, 0.717) is 5.92 Å². The second kappa shape index (κ2) is 11.4. The van der Waals surface area contributed by atoms with Gasteiger partial charge >= 0.3 is 11.9 Å². The lowest BCUT2D eigenvalue weighted by atomic mass is 9.98. The maximum Gasteiger partial charge on any atom is 0.414 e. The van der Waals surface area contributed by atoms with Gasteiger partial charge in [0.1, 0.15) is 12.4 Å². The van der Waals surface area contributed by atoms with E-state index in [1.807, 2.05) is 0 Å². The van der Waals surface area contributed by atoms with Crippen LogP contribution < -0.4 is 4.74 Å². The zero-order chi connectivity index (χ0) is 18.7. The molecule has 1 saturated heterocycles. The number of nitrogens with zero attached hydrogens (tertiary/aromatic N) is 1. The molecule has 0 aromatic heterocycles. The maximum atomic E-state index is 9.10. The van der Waals surface area contributed by atoms with Crippen molar-refractivity contribution in [3.8, 4) is 5.75 Å². The highest BCUT2D eigenvalue weighted by atomic mass is 16.5. The molecule has 0 spiro atoms. The molecule has 1 aromatic rings. The molecule has 1 fully saturated rings. The summed E-state index contributed by atoms with van der Waals surface area (Å²) in [7, 11) is 0. The monoisotopic (exact) mass is 353 g/mol. The first-order chi connectivity index (χ1) is 12.0. The van der Waals surface area contributed by atoms with Crippen LogP contribution in [0.3, 0.4) is 0 Å². The van der Waals surface area contributed by atoms with Crippen LogP contribution in [0.4, 0.5) is 0 Å². The molecule has 0 radical (unpaired) electrons. The van der Waals surface area contributed by atoms with Crippen molar-refractivity contribution in [3.05, 3.63) is 29.8 Å². The third kappa shape index (κ3) is 8.00. The molecule has 1 heterocycles. The van der Waals surface area contributed by atoms with Crippen molar-refractivity contribution in [1.29, 1.82) is 0 Å². The maximum absolute atomic E-state index is 9.10. The van der Waals surface area contributed by atoms with Gasteiger partial charge in [-0.3, -0.25) is 4.90 Å². The van der Waals surface area contributed by atoms with Gasteiger partial charge in [0.05, 0.1) is 13.2 Å². The highest BCUT2D eigenvalue weighted by molar-refractivity contribution is 6.27. The van der Waals surface area contributed by atoms with Crippen molar-refractivity contribution < 1.29 is 29.3 Å². The molecule has 0 aliphatic carbocycles. The van der Waals surface area contributed by atoms with E-state index in [1.54, 1.807) is 0 Å². The smallest absolute Gasteiger partial charge is 0.414 e. The number of para-hydroxylation sites is 1. The number of benzene rings is 1. The van der Waals surface area contributed by atoms with Gasteiger partial charge in [-0.2, -0.15) is 0 Å². The summed E-state index contributed by atoms with van der Waals surface area (Å²) in [6.45, 7) is 9.96. The van der Waals surface area contributed by atoms with Crippen molar-refractivity contribution >= 4 is 11.9 Å². The molecule has 7 nitrogen and oxygen atoms in total. The van der Waals surface area contributed by atoms with Crippen LogP contribution in [0.15, 0.2) is 24.3 Å². The van der Waals surface area contributed by atoms with E-state index >= 15 is 0 Å². The molecule has 25 heavy (non-hydrogen) atoms. The lowest BCUT2D eigenvalue weighted by molar-refractivity contribution is -0.159. The predicted octanol–water partition coefficient (Wildman–Crippen LogP) is 2.07. The first-order valence-corrected chi connectivity index (χ1v) is 8.43. The normalized spacial score (nSPS) is 15.6. The minimum absolute atomic E-state index is 0.555. The molecule has 0 bridgehead atoms. The van der Waals surface area contributed by atoms with Crippen LogP contribution in [0.5, 0.6) is 5.75 Å². The van der Waals surface area contributed by atoms with E-state index in [1.165, 1.54) is 5.56 Å². The summed E-state index contributed by atoms with van der Waals surface area (Å²) in [5.74, 6) is -2.05. The van der Waals surface area contributed by atoms with Gasteiger partial charge in [0.25, 0.3) is 0 Å². The Labute approximate surface area is 148 Å². The summed E-state index contributed by atoms with van der Waals surface area (Å²) in [5, 5.41) is 14.8. The van der Waals surface area contributed by atoms with Gasteiger partial charge < -0.3 is 19.7 Å². The minimum Gasteiger partial charge on any atom is -0.492 e.